The minimum Gasteiger partial charge on any atom is -0.436 e. The number of anilines is 1. The van der Waals surface area contributed by atoms with E-state index in [1.54, 1.807) is 12.1 Å². The second-order valence-electron chi connectivity index (χ2n) is 6.87. The molecular formula is C18H17N7O2. The number of pyridine rings is 2. The molecule has 0 spiro atoms. The summed E-state index contributed by atoms with van der Waals surface area (Å²) in [5.41, 5.74) is 8.06. The highest BCUT2D eigenvalue weighted by molar-refractivity contribution is 5.90. The molecule has 27 heavy (non-hydrogen) atoms. The Bertz CT molecular complexity index is 1190. The molecule has 5 rings (SSSR count). The van der Waals surface area contributed by atoms with Crippen molar-refractivity contribution in [2.75, 3.05) is 5.73 Å². The third kappa shape index (κ3) is 2.62. The fourth-order valence-electron chi connectivity index (χ4n) is 3.78. The molecule has 0 saturated heterocycles. The van der Waals surface area contributed by atoms with Gasteiger partial charge in [0.05, 0.1) is 10.9 Å². The molecule has 136 valence electrons. The van der Waals surface area contributed by atoms with Crippen LogP contribution in [0.25, 0.3) is 33.6 Å². The van der Waals surface area contributed by atoms with E-state index in [9.17, 15) is 4.79 Å². The van der Waals surface area contributed by atoms with Crippen LogP contribution in [0, 0.1) is 0 Å². The monoisotopic (exact) mass is 363 g/mol. The van der Waals surface area contributed by atoms with Crippen molar-refractivity contribution >= 4 is 28.0 Å². The van der Waals surface area contributed by atoms with Gasteiger partial charge in [-0.05, 0) is 41.5 Å². The number of nitrogen functional groups attached to an aromatic ring is 1. The van der Waals surface area contributed by atoms with Gasteiger partial charge in [-0.3, -0.25) is 4.79 Å². The number of aromatic nitrogens is 6. The van der Waals surface area contributed by atoms with Gasteiger partial charge in [-0.1, -0.05) is 19.3 Å². The normalized spacial score (nSPS) is 15.6. The summed E-state index contributed by atoms with van der Waals surface area (Å²) < 4.78 is 5.81. The lowest BCUT2D eigenvalue weighted by Crippen LogP contribution is -2.11. The molecule has 4 aromatic heterocycles. The predicted molar refractivity (Wildman–Crippen MR) is 99.0 cm³/mol. The van der Waals surface area contributed by atoms with Crippen molar-refractivity contribution in [3.8, 4) is 11.4 Å². The first-order valence-electron chi connectivity index (χ1n) is 8.99. The zero-order valence-corrected chi connectivity index (χ0v) is 14.5. The van der Waals surface area contributed by atoms with E-state index in [1.165, 1.54) is 19.3 Å². The van der Waals surface area contributed by atoms with Crippen LogP contribution in [0.2, 0.25) is 0 Å². The molecule has 0 unspecified atom stereocenters. The minimum atomic E-state index is -0.231. The maximum atomic E-state index is 13.1. The van der Waals surface area contributed by atoms with Crippen LogP contribution in [0.15, 0.2) is 27.4 Å². The smallest absolute Gasteiger partial charge is 0.232 e. The molecule has 0 bridgehead atoms. The summed E-state index contributed by atoms with van der Waals surface area (Å²) in [4.78, 5) is 22.0. The Kier molecular flexibility index (Phi) is 3.59. The molecule has 4 heterocycles. The van der Waals surface area contributed by atoms with Gasteiger partial charge in [0.15, 0.2) is 16.9 Å². The lowest BCUT2D eigenvalue weighted by Gasteiger charge is -2.21. The topological polar surface area (TPSA) is 136 Å². The van der Waals surface area contributed by atoms with E-state index >= 15 is 0 Å². The van der Waals surface area contributed by atoms with E-state index in [0.717, 1.165) is 18.5 Å². The molecule has 0 aromatic carbocycles. The predicted octanol–water partition coefficient (Wildman–Crippen LogP) is 2.55. The minimum absolute atomic E-state index is 0.174. The van der Waals surface area contributed by atoms with Crippen molar-refractivity contribution in [2.24, 2.45) is 0 Å². The first kappa shape index (κ1) is 15.9. The summed E-state index contributed by atoms with van der Waals surface area (Å²) in [6, 6.07) is 5.35. The van der Waals surface area contributed by atoms with Gasteiger partial charge in [-0.25, -0.2) is 10.1 Å². The van der Waals surface area contributed by atoms with Crippen molar-refractivity contribution in [1.29, 1.82) is 0 Å². The average molecular weight is 363 g/mol. The Balaban J connectivity index is 1.71. The first-order chi connectivity index (χ1) is 13.2. The molecule has 3 N–H and O–H groups in total. The number of rotatable bonds is 2. The third-order valence-electron chi connectivity index (χ3n) is 5.19. The van der Waals surface area contributed by atoms with Gasteiger partial charge < -0.3 is 10.2 Å². The van der Waals surface area contributed by atoms with Crippen LogP contribution in [0.3, 0.4) is 0 Å². The van der Waals surface area contributed by atoms with Crippen molar-refractivity contribution in [3.05, 3.63) is 34.1 Å². The maximum Gasteiger partial charge on any atom is 0.232 e. The summed E-state index contributed by atoms with van der Waals surface area (Å²) in [5, 5.41) is 13.8. The van der Waals surface area contributed by atoms with Crippen molar-refractivity contribution in [2.45, 2.75) is 38.0 Å². The van der Waals surface area contributed by atoms with Crippen molar-refractivity contribution < 1.29 is 4.42 Å². The second kappa shape index (κ2) is 6.11. The molecular weight excluding hydrogens is 346 g/mol. The van der Waals surface area contributed by atoms with Gasteiger partial charge in [0.1, 0.15) is 5.82 Å². The van der Waals surface area contributed by atoms with Crippen LogP contribution in [-0.2, 0) is 0 Å². The SMILES string of the molecule is Nc1nc2oc3ccc(C4CCCCC4)nc3c(=O)c2cc1-c1nnn[nH]1. The van der Waals surface area contributed by atoms with Gasteiger partial charge in [0, 0.05) is 11.6 Å². The molecule has 1 saturated carbocycles. The zero-order valence-electron chi connectivity index (χ0n) is 14.5. The molecule has 1 aliphatic carbocycles. The molecule has 1 aliphatic rings. The highest BCUT2D eigenvalue weighted by Gasteiger charge is 2.20. The highest BCUT2D eigenvalue weighted by atomic mass is 16.3. The van der Waals surface area contributed by atoms with Crippen LogP contribution < -0.4 is 11.2 Å². The van der Waals surface area contributed by atoms with Gasteiger partial charge in [0.2, 0.25) is 11.1 Å². The highest BCUT2D eigenvalue weighted by Crippen LogP contribution is 2.32. The molecule has 1 fully saturated rings. The molecule has 0 radical (unpaired) electrons. The van der Waals surface area contributed by atoms with Crippen molar-refractivity contribution in [1.82, 2.24) is 30.6 Å². The van der Waals surface area contributed by atoms with E-state index in [0.29, 0.717) is 33.8 Å². The fourth-order valence-corrected chi connectivity index (χ4v) is 3.78. The van der Waals surface area contributed by atoms with Gasteiger partial charge in [-0.15, -0.1) is 5.10 Å². The lowest BCUT2D eigenvalue weighted by molar-refractivity contribution is 0.437. The largest absolute Gasteiger partial charge is 0.436 e. The van der Waals surface area contributed by atoms with E-state index < -0.39 is 0 Å². The lowest BCUT2D eigenvalue weighted by atomic mass is 9.86. The maximum absolute atomic E-state index is 13.1. The number of hydrogen-bond donors (Lipinski definition) is 2. The molecule has 9 nitrogen and oxygen atoms in total. The Hall–Kier alpha value is -3.36. The molecule has 4 aromatic rings. The Labute approximate surface area is 153 Å². The summed E-state index contributed by atoms with van der Waals surface area (Å²) in [5.74, 6) is 0.916. The van der Waals surface area contributed by atoms with Crippen LogP contribution in [0.4, 0.5) is 5.82 Å². The summed E-state index contributed by atoms with van der Waals surface area (Å²) in [7, 11) is 0. The summed E-state index contributed by atoms with van der Waals surface area (Å²) in [6.45, 7) is 0. The number of H-pyrrole nitrogens is 1. The van der Waals surface area contributed by atoms with E-state index in [-0.39, 0.29) is 17.0 Å². The molecule has 9 heteroatoms. The van der Waals surface area contributed by atoms with E-state index in [4.69, 9.17) is 10.2 Å². The number of fused-ring (bicyclic) bond motifs is 2. The van der Waals surface area contributed by atoms with Crippen LogP contribution in [0.1, 0.15) is 43.7 Å². The standard InChI is InChI=1S/C18H17N7O2/c19-16-11(17-22-24-25-23-17)8-10-15(26)14-13(27-18(10)21-16)7-6-12(20-14)9-4-2-1-3-5-9/h6-9H,1-5H2,(H2,19,21)(H,22,23,24,25). The van der Waals surface area contributed by atoms with Gasteiger partial charge in [-0.2, -0.15) is 4.98 Å². The van der Waals surface area contributed by atoms with Crippen LogP contribution in [-0.4, -0.2) is 30.6 Å². The van der Waals surface area contributed by atoms with Gasteiger partial charge in [0.25, 0.3) is 0 Å². The summed E-state index contributed by atoms with van der Waals surface area (Å²) in [6.07, 6.45) is 5.89. The molecule has 0 atom stereocenters. The number of nitrogens with one attached hydrogen (secondary N) is 1. The van der Waals surface area contributed by atoms with Crippen LogP contribution >= 0.6 is 0 Å². The number of aromatic amines is 1. The molecule has 0 amide bonds. The Morgan fingerprint density at radius 1 is 1.15 bits per heavy atom. The molecule has 0 aliphatic heterocycles. The summed E-state index contributed by atoms with van der Waals surface area (Å²) >= 11 is 0. The zero-order chi connectivity index (χ0) is 18.4. The third-order valence-corrected chi connectivity index (χ3v) is 5.19. The number of tetrazole rings is 1. The average Bonchev–Trinajstić information content (AvgIpc) is 3.23. The second-order valence-corrected chi connectivity index (χ2v) is 6.87. The van der Waals surface area contributed by atoms with Crippen molar-refractivity contribution in [3.63, 3.8) is 0 Å². The Morgan fingerprint density at radius 2 is 2.00 bits per heavy atom. The fraction of sp³-hybridized carbons (Fsp3) is 0.333. The van der Waals surface area contributed by atoms with E-state index in [1.807, 2.05) is 6.07 Å². The quantitative estimate of drug-likeness (QED) is 0.518. The van der Waals surface area contributed by atoms with Gasteiger partial charge >= 0.3 is 0 Å². The Morgan fingerprint density at radius 3 is 2.78 bits per heavy atom. The van der Waals surface area contributed by atoms with Crippen LogP contribution in [0.5, 0.6) is 0 Å². The van der Waals surface area contributed by atoms with E-state index in [2.05, 4.69) is 30.6 Å². The number of nitrogens with two attached hydrogens (primary N) is 1. The first-order valence-corrected chi connectivity index (χ1v) is 8.99. The number of nitrogens with zero attached hydrogens (tertiary/aromatic N) is 5. The number of hydrogen-bond acceptors (Lipinski definition) is 8.